The number of amides is 1. The van der Waals surface area contributed by atoms with Gasteiger partial charge in [0, 0.05) is 6.04 Å². The predicted octanol–water partition coefficient (Wildman–Crippen LogP) is 2.50. The smallest absolute Gasteiger partial charge is 0.408 e. The molecule has 3 nitrogen and oxygen atoms in total. The van der Waals surface area contributed by atoms with Gasteiger partial charge in [-0.05, 0) is 12.8 Å². The van der Waals surface area contributed by atoms with Gasteiger partial charge in [-0.25, -0.2) is 4.79 Å². The summed E-state index contributed by atoms with van der Waals surface area (Å²) in [4.78, 5) is 12.0. The Hall–Kier alpha value is -0.440. The van der Waals surface area contributed by atoms with Gasteiger partial charge in [0.25, 0.3) is 0 Å². The van der Waals surface area contributed by atoms with Crippen LogP contribution in [-0.4, -0.2) is 28.1 Å². The molecule has 0 atom stereocenters. The number of carboxylic acid groups (broad SMARTS) is 1. The summed E-state index contributed by atoms with van der Waals surface area (Å²) in [7, 11) is 0. The largest absolute Gasteiger partial charge is 0.465 e. The first kappa shape index (κ1) is 9.65. The van der Waals surface area contributed by atoms with Crippen LogP contribution in [0, 0.1) is 0 Å². The van der Waals surface area contributed by atoms with Crippen molar-refractivity contribution in [2.45, 2.75) is 38.1 Å². The average molecular weight is 192 g/mol. The van der Waals surface area contributed by atoms with Crippen LogP contribution in [0.1, 0.15) is 32.1 Å². The van der Waals surface area contributed by atoms with Crippen LogP contribution >= 0.6 is 11.6 Å². The van der Waals surface area contributed by atoms with Gasteiger partial charge in [-0.15, -0.1) is 11.6 Å². The highest BCUT2D eigenvalue weighted by molar-refractivity contribution is 6.18. The Balaban J connectivity index is 2.46. The summed E-state index contributed by atoms with van der Waals surface area (Å²) < 4.78 is 0. The maximum atomic E-state index is 10.7. The van der Waals surface area contributed by atoms with Gasteiger partial charge in [0.15, 0.2) is 0 Å². The third kappa shape index (κ3) is 2.27. The van der Waals surface area contributed by atoms with E-state index in [1.54, 1.807) is 0 Å². The number of nitrogens with zero attached hydrogens (tertiary/aromatic N) is 1. The Morgan fingerprint density at radius 2 is 2.00 bits per heavy atom. The molecule has 1 rings (SSSR count). The fourth-order valence-corrected chi connectivity index (χ4v) is 2.00. The van der Waals surface area contributed by atoms with Gasteiger partial charge in [-0.3, -0.25) is 4.90 Å². The molecule has 0 bridgehead atoms. The number of rotatable bonds is 2. The van der Waals surface area contributed by atoms with Crippen molar-refractivity contribution in [3.05, 3.63) is 0 Å². The molecule has 0 aromatic carbocycles. The van der Waals surface area contributed by atoms with Crippen molar-refractivity contribution < 1.29 is 9.90 Å². The highest BCUT2D eigenvalue weighted by atomic mass is 35.5. The minimum atomic E-state index is -0.892. The van der Waals surface area contributed by atoms with E-state index in [9.17, 15) is 4.79 Å². The monoisotopic (exact) mass is 191 g/mol. The molecular formula is C8H14ClNO2. The molecule has 0 spiro atoms. The predicted molar refractivity (Wildman–Crippen MR) is 47.5 cm³/mol. The first-order valence-corrected chi connectivity index (χ1v) is 4.84. The molecule has 0 aromatic heterocycles. The average Bonchev–Trinajstić information content (AvgIpc) is 2.07. The number of hydrogen-bond donors (Lipinski definition) is 1. The van der Waals surface area contributed by atoms with Crippen LogP contribution in [0.2, 0.25) is 0 Å². The minimum absolute atomic E-state index is 0.0972. The molecule has 0 aromatic rings. The van der Waals surface area contributed by atoms with Crippen LogP contribution in [0.25, 0.3) is 0 Å². The van der Waals surface area contributed by atoms with Crippen LogP contribution in [0.15, 0.2) is 0 Å². The zero-order chi connectivity index (χ0) is 8.97. The molecule has 1 aliphatic rings. The van der Waals surface area contributed by atoms with Crippen LogP contribution in [-0.2, 0) is 0 Å². The molecule has 0 unspecified atom stereocenters. The summed E-state index contributed by atoms with van der Waals surface area (Å²) in [5, 5.41) is 8.77. The van der Waals surface area contributed by atoms with Crippen molar-refractivity contribution in [1.29, 1.82) is 0 Å². The second-order valence-electron chi connectivity index (χ2n) is 3.16. The van der Waals surface area contributed by atoms with Gasteiger partial charge in [-0.1, -0.05) is 19.3 Å². The van der Waals surface area contributed by atoms with Gasteiger partial charge in [0.1, 0.15) is 0 Å². The number of alkyl halides is 1. The van der Waals surface area contributed by atoms with Crippen molar-refractivity contribution in [3.8, 4) is 0 Å². The highest BCUT2D eigenvalue weighted by Crippen LogP contribution is 2.22. The lowest BCUT2D eigenvalue weighted by molar-refractivity contribution is 0.122. The van der Waals surface area contributed by atoms with Gasteiger partial charge < -0.3 is 5.11 Å². The Labute approximate surface area is 77.3 Å². The summed E-state index contributed by atoms with van der Waals surface area (Å²) in [6.45, 7) is 0. The fraction of sp³-hybridized carbons (Fsp3) is 0.875. The summed E-state index contributed by atoms with van der Waals surface area (Å²) in [6, 6.07) is 0.258. The van der Waals surface area contributed by atoms with E-state index < -0.39 is 6.09 Å². The Morgan fingerprint density at radius 3 is 2.42 bits per heavy atom. The Bertz CT molecular complexity index is 157. The lowest BCUT2D eigenvalue weighted by atomic mass is 9.95. The first-order chi connectivity index (χ1) is 5.75. The van der Waals surface area contributed by atoms with Crippen molar-refractivity contribution in [3.63, 3.8) is 0 Å². The lowest BCUT2D eigenvalue weighted by Crippen LogP contribution is -2.39. The molecule has 1 saturated carbocycles. The third-order valence-corrected chi connectivity index (χ3v) is 2.65. The zero-order valence-electron chi connectivity index (χ0n) is 7.00. The summed E-state index contributed by atoms with van der Waals surface area (Å²) in [5.74, 6) is 0. The molecule has 70 valence electrons. The van der Waals surface area contributed by atoms with Crippen LogP contribution in [0.5, 0.6) is 0 Å². The highest BCUT2D eigenvalue weighted by Gasteiger charge is 2.23. The minimum Gasteiger partial charge on any atom is -0.465 e. The topological polar surface area (TPSA) is 40.5 Å². The van der Waals surface area contributed by atoms with Gasteiger partial charge in [0.2, 0.25) is 0 Å². The van der Waals surface area contributed by atoms with E-state index in [4.69, 9.17) is 16.7 Å². The molecule has 0 aliphatic heterocycles. The summed E-state index contributed by atoms with van der Waals surface area (Å²) >= 11 is 5.54. The van der Waals surface area contributed by atoms with Crippen molar-refractivity contribution >= 4 is 17.7 Å². The Kier molecular flexibility index (Phi) is 3.66. The van der Waals surface area contributed by atoms with Crippen molar-refractivity contribution in [1.82, 2.24) is 4.90 Å². The molecule has 1 amide bonds. The molecule has 1 N–H and O–H groups in total. The van der Waals surface area contributed by atoms with E-state index in [0.29, 0.717) is 0 Å². The molecule has 0 heterocycles. The maximum absolute atomic E-state index is 10.7. The molecule has 1 fully saturated rings. The van der Waals surface area contributed by atoms with Crippen LogP contribution in [0.3, 0.4) is 0 Å². The maximum Gasteiger partial charge on any atom is 0.408 e. The number of hydrogen-bond acceptors (Lipinski definition) is 1. The quantitative estimate of drug-likeness (QED) is 0.538. The van der Waals surface area contributed by atoms with Crippen molar-refractivity contribution in [2.75, 3.05) is 6.00 Å². The van der Waals surface area contributed by atoms with E-state index in [1.165, 1.54) is 11.3 Å². The molecule has 0 radical (unpaired) electrons. The molecular weight excluding hydrogens is 178 g/mol. The first-order valence-electron chi connectivity index (χ1n) is 4.31. The van der Waals surface area contributed by atoms with Crippen LogP contribution in [0.4, 0.5) is 4.79 Å². The Morgan fingerprint density at radius 1 is 1.42 bits per heavy atom. The standard InChI is InChI=1S/C8H14ClNO2/c9-6-10(8(11)12)7-4-2-1-3-5-7/h7H,1-6H2,(H,11,12). The van der Waals surface area contributed by atoms with E-state index in [2.05, 4.69) is 0 Å². The fourth-order valence-electron chi connectivity index (χ4n) is 1.70. The van der Waals surface area contributed by atoms with Crippen molar-refractivity contribution in [2.24, 2.45) is 0 Å². The second-order valence-corrected chi connectivity index (χ2v) is 3.40. The van der Waals surface area contributed by atoms with Gasteiger partial charge >= 0.3 is 6.09 Å². The van der Waals surface area contributed by atoms with E-state index in [1.807, 2.05) is 0 Å². The molecule has 1 aliphatic carbocycles. The summed E-state index contributed by atoms with van der Waals surface area (Å²) in [5.41, 5.74) is 0. The normalized spacial score (nSPS) is 19.1. The number of carbonyl (C=O) groups is 1. The van der Waals surface area contributed by atoms with Crippen LogP contribution < -0.4 is 0 Å². The van der Waals surface area contributed by atoms with Gasteiger partial charge in [-0.2, -0.15) is 0 Å². The van der Waals surface area contributed by atoms with E-state index >= 15 is 0 Å². The van der Waals surface area contributed by atoms with E-state index in [0.717, 1.165) is 25.7 Å². The molecule has 4 heteroatoms. The zero-order valence-corrected chi connectivity index (χ0v) is 7.76. The molecule has 0 saturated heterocycles. The molecule has 12 heavy (non-hydrogen) atoms. The lowest BCUT2D eigenvalue weighted by Gasteiger charge is -2.30. The second kappa shape index (κ2) is 4.55. The third-order valence-electron chi connectivity index (χ3n) is 2.39. The summed E-state index contributed by atoms with van der Waals surface area (Å²) in [6.07, 6.45) is 4.54. The SMILES string of the molecule is O=C(O)N(CCl)C1CCCCC1. The van der Waals surface area contributed by atoms with Gasteiger partial charge in [0.05, 0.1) is 6.00 Å². The van der Waals surface area contributed by atoms with E-state index in [-0.39, 0.29) is 12.0 Å². The number of halogens is 1.